The van der Waals surface area contributed by atoms with Crippen LogP contribution in [0.5, 0.6) is 0 Å². The fourth-order valence-electron chi connectivity index (χ4n) is 3.06. The molecule has 1 saturated heterocycles. The van der Waals surface area contributed by atoms with Crippen LogP contribution in [0.3, 0.4) is 0 Å². The van der Waals surface area contributed by atoms with Crippen molar-refractivity contribution in [3.8, 4) is 0 Å². The Labute approximate surface area is 184 Å². The third-order valence-corrected chi connectivity index (χ3v) is 5.64. The van der Waals surface area contributed by atoms with Crippen molar-refractivity contribution in [2.45, 2.75) is 37.1 Å². The van der Waals surface area contributed by atoms with E-state index in [1.54, 1.807) is 43.3 Å². The van der Waals surface area contributed by atoms with Gasteiger partial charge in [0.15, 0.2) is 0 Å². The standard InChI is InChI=1S/C22H24FN3O4S/c1-2-30-21(29)15-5-9-17(10-6-15)24-19(27)11-18-12-20(28)26-22(25-18)31-13-14-3-7-16(23)8-4-14/h3-10,18,22,25H,2,11-13H2,1H3,(H,24,27)(H,26,28). The molecule has 1 aliphatic heterocycles. The normalized spacial score (nSPS) is 18.2. The number of esters is 1. The number of rotatable bonds is 8. The van der Waals surface area contributed by atoms with Gasteiger partial charge in [-0.15, -0.1) is 11.8 Å². The highest BCUT2D eigenvalue weighted by molar-refractivity contribution is 7.99. The molecular formula is C22H24FN3O4S. The lowest BCUT2D eigenvalue weighted by Crippen LogP contribution is -2.55. The largest absolute Gasteiger partial charge is 0.462 e. The van der Waals surface area contributed by atoms with Crippen molar-refractivity contribution in [2.24, 2.45) is 0 Å². The summed E-state index contributed by atoms with van der Waals surface area (Å²) in [5.41, 5.74) is 1.56. The van der Waals surface area contributed by atoms with Gasteiger partial charge in [0.25, 0.3) is 0 Å². The average Bonchev–Trinajstić information content (AvgIpc) is 2.73. The zero-order valence-electron chi connectivity index (χ0n) is 17.0. The molecule has 0 spiro atoms. The van der Waals surface area contributed by atoms with E-state index in [0.717, 1.165) is 5.56 Å². The first kappa shape index (κ1) is 22.8. The van der Waals surface area contributed by atoms with Gasteiger partial charge in [-0.3, -0.25) is 14.9 Å². The minimum Gasteiger partial charge on any atom is -0.462 e. The van der Waals surface area contributed by atoms with Gasteiger partial charge in [-0.25, -0.2) is 9.18 Å². The van der Waals surface area contributed by atoms with E-state index in [2.05, 4.69) is 16.0 Å². The number of ether oxygens (including phenoxy) is 1. The Morgan fingerprint density at radius 3 is 2.55 bits per heavy atom. The summed E-state index contributed by atoms with van der Waals surface area (Å²) >= 11 is 1.46. The summed E-state index contributed by atoms with van der Waals surface area (Å²) in [6, 6.07) is 12.3. The SMILES string of the molecule is CCOC(=O)c1ccc(NC(=O)CC2CC(=O)NC(SCc3ccc(F)cc3)N2)cc1. The summed E-state index contributed by atoms with van der Waals surface area (Å²) in [5.74, 6) is -0.490. The van der Waals surface area contributed by atoms with E-state index in [1.807, 2.05) is 0 Å². The van der Waals surface area contributed by atoms with Crippen molar-refractivity contribution in [3.05, 3.63) is 65.5 Å². The van der Waals surface area contributed by atoms with Gasteiger partial charge in [0, 0.05) is 30.3 Å². The van der Waals surface area contributed by atoms with Crippen LogP contribution in [0, 0.1) is 5.82 Å². The fraction of sp³-hybridized carbons (Fsp3) is 0.318. The number of benzene rings is 2. The molecule has 7 nitrogen and oxygen atoms in total. The van der Waals surface area contributed by atoms with Crippen LogP contribution < -0.4 is 16.0 Å². The summed E-state index contributed by atoms with van der Waals surface area (Å²) in [5, 5.41) is 8.87. The number of halogens is 1. The zero-order chi connectivity index (χ0) is 22.2. The second-order valence-electron chi connectivity index (χ2n) is 7.00. The second-order valence-corrected chi connectivity index (χ2v) is 8.10. The molecule has 0 aliphatic carbocycles. The lowest BCUT2D eigenvalue weighted by molar-refractivity contribution is -0.124. The molecule has 2 amide bonds. The lowest BCUT2D eigenvalue weighted by Gasteiger charge is -2.31. The Morgan fingerprint density at radius 1 is 1.16 bits per heavy atom. The molecule has 2 atom stereocenters. The van der Waals surface area contributed by atoms with Crippen LogP contribution in [0.4, 0.5) is 10.1 Å². The van der Waals surface area contributed by atoms with Crippen LogP contribution in [0.1, 0.15) is 35.7 Å². The zero-order valence-corrected chi connectivity index (χ0v) is 17.8. The number of thioether (sulfide) groups is 1. The molecule has 2 aromatic carbocycles. The van der Waals surface area contributed by atoms with Gasteiger partial charge >= 0.3 is 5.97 Å². The monoisotopic (exact) mass is 445 g/mol. The van der Waals surface area contributed by atoms with E-state index >= 15 is 0 Å². The van der Waals surface area contributed by atoms with Crippen molar-refractivity contribution in [1.29, 1.82) is 0 Å². The molecule has 0 radical (unpaired) electrons. The average molecular weight is 446 g/mol. The van der Waals surface area contributed by atoms with Gasteiger partial charge in [0.1, 0.15) is 11.3 Å². The Balaban J connectivity index is 1.49. The van der Waals surface area contributed by atoms with Crippen molar-refractivity contribution < 1.29 is 23.5 Å². The summed E-state index contributed by atoms with van der Waals surface area (Å²) < 4.78 is 17.9. The van der Waals surface area contributed by atoms with E-state index in [1.165, 1.54) is 23.9 Å². The summed E-state index contributed by atoms with van der Waals surface area (Å²) in [4.78, 5) is 36.1. The van der Waals surface area contributed by atoms with Gasteiger partial charge in [-0.1, -0.05) is 12.1 Å². The quantitative estimate of drug-likeness (QED) is 0.541. The number of carbonyl (C=O) groups excluding carboxylic acids is 3. The summed E-state index contributed by atoms with van der Waals surface area (Å²) in [7, 11) is 0. The smallest absolute Gasteiger partial charge is 0.338 e. The molecule has 31 heavy (non-hydrogen) atoms. The molecule has 3 N–H and O–H groups in total. The van der Waals surface area contributed by atoms with E-state index in [9.17, 15) is 18.8 Å². The maximum absolute atomic E-state index is 13.0. The van der Waals surface area contributed by atoms with E-state index in [4.69, 9.17) is 4.74 Å². The third-order valence-electron chi connectivity index (χ3n) is 4.55. The highest BCUT2D eigenvalue weighted by Crippen LogP contribution is 2.20. The lowest BCUT2D eigenvalue weighted by atomic mass is 10.1. The van der Waals surface area contributed by atoms with Gasteiger partial charge in [-0.2, -0.15) is 0 Å². The highest BCUT2D eigenvalue weighted by atomic mass is 32.2. The van der Waals surface area contributed by atoms with Crippen LogP contribution in [0.2, 0.25) is 0 Å². The first-order valence-corrected chi connectivity index (χ1v) is 11.0. The molecule has 0 bridgehead atoms. The summed E-state index contributed by atoms with van der Waals surface area (Å²) in [6.07, 6.45) is 0.323. The third kappa shape index (κ3) is 7.08. The van der Waals surface area contributed by atoms with Crippen molar-refractivity contribution in [2.75, 3.05) is 11.9 Å². The van der Waals surface area contributed by atoms with Crippen LogP contribution in [-0.4, -0.2) is 35.9 Å². The maximum atomic E-state index is 13.0. The van der Waals surface area contributed by atoms with Crippen LogP contribution in [0.25, 0.3) is 0 Å². The van der Waals surface area contributed by atoms with Crippen molar-refractivity contribution in [1.82, 2.24) is 10.6 Å². The minimum atomic E-state index is -0.415. The molecule has 2 unspecified atom stereocenters. The fourth-order valence-corrected chi connectivity index (χ4v) is 4.12. The van der Waals surface area contributed by atoms with Gasteiger partial charge in [0.05, 0.1) is 12.2 Å². The second kappa shape index (κ2) is 10.9. The Morgan fingerprint density at radius 2 is 1.87 bits per heavy atom. The molecular weight excluding hydrogens is 421 g/mol. The van der Waals surface area contributed by atoms with Crippen molar-refractivity contribution >= 4 is 35.2 Å². The van der Waals surface area contributed by atoms with E-state index in [0.29, 0.717) is 23.6 Å². The molecule has 164 valence electrons. The van der Waals surface area contributed by atoms with Crippen LogP contribution in [-0.2, 0) is 20.1 Å². The number of hydrogen-bond acceptors (Lipinski definition) is 6. The molecule has 9 heteroatoms. The van der Waals surface area contributed by atoms with Crippen LogP contribution in [0.15, 0.2) is 48.5 Å². The number of anilines is 1. The van der Waals surface area contributed by atoms with Crippen LogP contribution >= 0.6 is 11.8 Å². The molecule has 0 aromatic heterocycles. The van der Waals surface area contributed by atoms with Crippen molar-refractivity contribution in [3.63, 3.8) is 0 Å². The highest BCUT2D eigenvalue weighted by Gasteiger charge is 2.27. The first-order chi connectivity index (χ1) is 14.9. The Bertz CT molecular complexity index is 921. The van der Waals surface area contributed by atoms with Gasteiger partial charge in [0.2, 0.25) is 11.8 Å². The predicted molar refractivity (Wildman–Crippen MR) is 117 cm³/mol. The minimum absolute atomic E-state index is 0.126. The Hall–Kier alpha value is -2.91. The predicted octanol–water partition coefficient (Wildman–Crippen LogP) is 3.03. The molecule has 1 heterocycles. The number of hydrogen-bond donors (Lipinski definition) is 3. The molecule has 1 aliphatic rings. The molecule has 1 fully saturated rings. The summed E-state index contributed by atoms with van der Waals surface area (Å²) in [6.45, 7) is 2.03. The first-order valence-electron chi connectivity index (χ1n) is 9.91. The maximum Gasteiger partial charge on any atom is 0.338 e. The van der Waals surface area contributed by atoms with Gasteiger partial charge < -0.3 is 15.4 Å². The number of carbonyl (C=O) groups is 3. The van der Waals surface area contributed by atoms with E-state index in [-0.39, 0.29) is 42.0 Å². The van der Waals surface area contributed by atoms with E-state index < -0.39 is 5.97 Å². The topological polar surface area (TPSA) is 96.5 Å². The van der Waals surface area contributed by atoms with Gasteiger partial charge in [-0.05, 0) is 48.9 Å². The number of amides is 2. The molecule has 2 aromatic rings. The Kier molecular flexibility index (Phi) is 8.02. The molecule has 0 saturated carbocycles. The molecule has 3 rings (SSSR count). The number of nitrogens with one attached hydrogen (secondary N) is 3.